The molecule has 0 aliphatic carbocycles. The summed E-state index contributed by atoms with van der Waals surface area (Å²) in [6, 6.07) is 5.05. The zero-order valence-corrected chi connectivity index (χ0v) is 12.0. The number of halogens is 2. The molecule has 2 aromatic rings. The molecule has 8 heteroatoms. The number of nitrogens with zero attached hydrogens (tertiary/aromatic N) is 2. The summed E-state index contributed by atoms with van der Waals surface area (Å²) in [4.78, 5) is 3.58. The third-order valence-electron chi connectivity index (χ3n) is 2.70. The maximum absolute atomic E-state index is 13.2. The third-order valence-corrected chi connectivity index (χ3v) is 4.95. The van der Waals surface area contributed by atoms with Crippen molar-refractivity contribution in [3.05, 3.63) is 47.5 Å². The van der Waals surface area contributed by atoms with Gasteiger partial charge in [-0.25, -0.2) is 12.8 Å². The highest BCUT2D eigenvalue weighted by molar-refractivity contribution is 7.93. The maximum atomic E-state index is 13.2. The molecule has 0 spiro atoms. The SMILES string of the molecule is CN(c1cccnc1)S(=O)(=O)c1cc(N)c(F)cc1Cl. The number of anilines is 2. The molecule has 0 saturated heterocycles. The van der Waals surface area contributed by atoms with E-state index in [4.69, 9.17) is 17.3 Å². The number of nitrogens with two attached hydrogens (primary N) is 1. The molecular weight excluding hydrogens is 305 g/mol. The van der Waals surface area contributed by atoms with Crippen LogP contribution >= 0.6 is 11.6 Å². The van der Waals surface area contributed by atoms with Gasteiger partial charge in [0.15, 0.2) is 0 Å². The van der Waals surface area contributed by atoms with Crippen LogP contribution in [0.2, 0.25) is 5.02 Å². The quantitative estimate of drug-likeness (QED) is 0.882. The van der Waals surface area contributed by atoms with Crippen molar-refractivity contribution in [1.29, 1.82) is 0 Å². The lowest BCUT2D eigenvalue weighted by Crippen LogP contribution is -2.27. The molecule has 0 saturated carbocycles. The van der Waals surface area contributed by atoms with Crippen LogP contribution in [0.5, 0.6) is 0 Å². The van der Waals surface area contributed by atoms with E-state index in [2.05, 4.69) is 4.98 Å². The molecule has 0 fully saturated rings. The van der Waals surface area contributed by atoms with Crippen molar-refractivity contribution in [2.75, 3.05) is 17.1 Å². The van der Waals surface area contributed by atoms with E-state index in [1.165, 1.54) is 19.4 Å². The second kappa shape index (κ2) is 5.26. The van der Waals surface area contributed by atoms with Gasteiger partial charge in [0, 0.05) is 13.2 Å². The first kappa shape index (κ1) is 14.5. The number of nitrogen functional groups attached to an aromatic ring is 1. The summed E-state index contributed by atoms with van der Waals surface area (Å²) in [6.07, 6.45) is 2.91. The van der Waals surface area contributed by atoms with Gasteiger partial charge in [-0.1, -0.05) is 11.6 Å². The number of hydrogen-bond donors (Lipinski definition) is 1. The highest BCUT2D eigenvalue weighted by atomic mass is 35.5. The average Bonchev–Trinajstić information content (AvgIpc) is 2.42. The average molecular weight is 316 g/mol. The Bertz CT molecular complexity index is 738. The van der Waals surface area contributed by atoms with Crippen molar-refractivity contribution in [2.24, 2.45) is 0 Å². The Balaban J connectivity index is 2.54. The predicted octanol–water partition coefficient (Wildman–Crippen LogP) is 2.28. The molecule has 106 valence electrons. The zero-order chi connectivity index (χ0) is 14.9. The molecule has 0 atom stereocenters. The summed E-state index contributed by atoms with van der Waals surface area (Å²) in [5.74, 6) is -0.766. The molecule has 20 heavy (non-hydrogen) atoms. The smallest absolute Gasteiger partial charge is 0.265 e. The van der Waals surface area contributed by atoms with Crippen molar-refractivity contribution in [2.45, 2.75) is 4.90 Å². The van der Waals surface area contributed by atoms with Crippen LogP contribution in [0.1, 0.15) is 0 Å². The Hall–Kier alpha value is -1.86. The topological polar surface area (TPSA) is 76.3 Å². The zero-order valence-electron chi connectivity index (χ0n) is 10.4. The second-order valence-electron chi connectivity index (χ2n) is 3.99. The van der Waals surface area contributed by atoms with E-state index in [9.17, 15) is 12.8 Å². The minimum absolute atomic E-state index is 0.229. The van der Waals surface area contributed by atoms with E-state index in [-0.39, 0.29) is 15.6 Å². The normalized spacial score (nSPS) is 11.3. The van der Waals surface area contributed by atoms with Crippen LogP contribution in [0.3, 0.4) is 0 Å². The molecule has 1 heterocycles. The molecule has 2 rings (SSSR count). The van der Waals surface area contributed by atoms with Gasteiger partial charge in [0.05, 0.1) is 22.6 Å². The Morgan fingerprint density at radius 2 is 2.10 bits per heavy atom. The van der Waals surface area contributed by atoms with Gasteiger partial charge in [0.1, 0.15) is 10.7 Å². The monoisotopic (exact) mass is 315 g/mol. The molecule has 0 aliphatic heterocycles. The van der Waals surface area contributed by atoms with Crippen LogP contribution in [0.4, 0.5) is 15.8 Å². The predicted molar refractivity (Wildman–Crippen MR) is 75.6 cm³/mol. The molecule has 0 bridgehead atoms. The Morgan fingerprint density at radius 3 is 2.70 bits per heavy atom. The maximum Gasteiger partial charge on any atom is 0.265 e. The van der Waals surface area contributed by atoms with Crippen LogP contribution < -0.4 is 10.0 Å². The van der Waals surface area contributed by atoms with Crippen LogP contribution in [0.25, 0.3) is 0 Å². The van der Waals surface area contributed by atoms with Gasteiger partial charge in [-0.05, 0) is 24.3 Å². The van der Waals surface area contributed by atoms with Crippen LogP contribution in [-0.4, -0.2) is 20.4 Å². The van der Waals surface area contributed by atoms with Crippen molar-refractivity contribution >= 4 is 33.0 Å². The lowest BCUT2D eigenvalue weighted by atomic mass is 10.3. The molecule has 0 aliphatic rings. The summed E-state index contributed by atoms with van der Waals surface area (Å²) < 4.78 is 39.1. The summed E-state index contributed by atoms with van der Waals surface area (Å²) in [5.41, 5.74) is 5.46. The first-order valence-corrected chi connectivity index (χ1v) is 7.29. The van der Waals surface area contributed by atoms with Crippen LogP contribution in [0, 0.1) is 5.82 Å². The minimum Gasteiger partial charge on any atom is -0.396 e. The standard InChI is InChI=1S/C12H11ClFN3O2S/c1-17(8-3-2-4-16-7-8)20(18,19)12-6-11(15)10(14)5-9(12)13/h2-7H,15H2,1H3. The minimum atomic E-state index is -3.95. The van der Waals surface area contributed by atoms with E-state index >= 15 is 0 Å². The molecule has 2 N–H and O–H groups in total. The largest absolute Gasteiger partial charge is 0.396 e. The van der Waals surface area contributed by atoms with Gasteiger partial charge in [-0.15, -0.1) is 0 Å². The summed E-state index contributed by atoms with van der Waals surface area (Å²) in [6.45, 7) is 0. The number of hydrogen-bond acceptors (Lipinski definition) is 4. The molecule has 0 amide bonds. The number of pyridine rings is 1. The van der Waals surface area contributed by atoms with Gasteiger partial charge < -0.3 is 5.73 Å². The number of sulfonamides is 1. The molecule has 0 radical (unpaired) electrons. The van der Waals surface area contributed by atoms with Crippen molar-refractivity contribution < 1.29 is 12.8 Å². The fourth-order valence-corrected chi connectivity index (χ4v) is 3.27. The molecule has 1 aromatic carbocycles. The van der Waals surface area contributed by atoms with Crippen molar-refractivity contribution in [3.8, 4) is 0 Å². The fraction of sp³-hybridized carbons (Fsp3) is 0.0833. The lowest BCUT2D eigenvalue weighted by molar-refractivity contribution is 0.593. The lowest BCUT2D eigenvalue weighted by Gasteiger charge is -2.20. The van der Waals surface area contributed by atoms with E-state index < -0.39 is 15.8 Å². The Labute approximate surface area is 120 Å². The van der Waals surface area contributed by atoms with E-state index in [1.54, 1.807) is 12.1 Å². The number of aromatic nitrogens is 1. The van der Waals surface area contributed by atoms with Gasteiger partial charge >= 0.3 is 0 Å². The third kappa shape index (κ3) is 2.54. The first-order valence-electron chi connectivity index (χ1n) is 5.47. The van der Waals surface area contributed by atoms with Crippen LogP contribution in [0.15, 0.2) is 41.6 Å². The van der Waals surface area contributed by atoms with Gasteiger partial charge in [-0.3, -0.25) is 9.29 Å². The van der Waals surface area contributed by atoms with Gasteiger partial charge in [-0.2, -0.15) is 0 Å². The van der Waals surface area contributed by atoms with E-state index in [0.717, 1.165) is 16.4 Å². The molecule has 1 aromatic heterocycles. The number of rotatable bonds is 3. The highest BCUT2D eigenvalue weighted by Gasteiger charge is 2.25. The van der Waals surface area contributed by atoms with E-state index in [1.807, 2.05) is 0 Å². The molecular formula is C12H11ClFN3O2S. The van der Waals surface area contributed by atoms with Gasteiger partial charge in [0.25, 0.3) is 10.0 Å². The number of benzene rings is 1. The van der Waals surface area contributed by atoms with Crippen LogP contribution in [-0.2, 0) is 10.0 Å². The summed E-state index contributed by atoms with van der Waals surface area (Å²) in [7, 11) is -2.60. The molecule has 5 nitrogen and oxygen atoms in total. The summed E-state index contributed by atoms with van der Waals surface area (Å²) in [5, 5.41) is -0.229. The summed E-state index contributed by atoms with van der Waals surface area (Å²) >= 11 is 5.80. The molecule has 0 unspecified atom stereocenters. The fourth-order valence-electron chi connectivity index (χ4n) is 1.57. The second-order valence-corrected chi connectivity index (χ2v) is 6.33. The Morgan fingerprint density at radius 1 is 1.40 bits per heavy atom. The van der Waals surface area contributed by atoms with E-state index in [0.29, 0.717) is 5.69 Å². The highest BCUT2D eigenvalue weighted by Crippen LogP contribution is 2.30. The Kier molecular flexibility index (Phi) is 3.82. The van der Waals surface area contributed by atoms with Gasteiger partial charge in [0.2, 0.25) is 0 Å². The van der Waals surface area contributed by atoms with Crippen molar-refractivity contribution in [3.63, 3.8) is 0 Å². The van der Waals surface area contributed by atoms with Crippen molar-refractivity contribution in [1.82, 2.24) is 4.98 Å². The first-order chi connectivity index (χ1) is 9.34.